The number of nitrogens with zero attached hydrogens (tertiary/aromatic N) is 1. The highest BCUT2D eigenvalue weighted by molar-refractivity contribution is 7.09. The average Bonchev–Trinajstić information content (AvgIpc) is 2.83. The van der Waals surface area contributed by atoms with E-state index in [1.807, 2.05) is 0 Å². The highest BCUT2D eigenvalue weighted by atomic mass is 35.5. The van der Waals surface area contributed by atoms with Crippen LogP contribution >= 0.6 is 22.9 Å². The Morgan fingerprint density at radius 2 is 2.11 bits per heavy atom. The van der Waals surface area contributed by atoms with Gasteiger partial charge in [-0.1, -0.05) is 17.7 Å². The standard InChI is InChI=1S/C12H10ClF3N2S/c1-7(11-17-5-6-19-11)18-10-8(12(14,15)16)3-2-4-9(10)13/h2-7,18H,1H3. The van der Waals surface area contributed by atoms with Gasteiger partial charge in [-0.2, -0.15) is 13.2 Å². The lowest BCUT2D eigenvalue weighted by atomic mass is 10.1. The van der Waals surface area contributed by atoms with Gasteiger partial charge in [-0.25, -0.2) is 4.98 Å². The number of rotatable bonds is 3. The monoisotopic (exact) mass is 306 g/mol. The van der Waals surface area contributed by atoms with Crippen molar-refractivity contribution < 1.29 is 13.2 Å². The highest BCUT2D eigenvalue weighted by Crippen LogP contribution is 2.39. The first-order valence-corrected chi connectivity index (χ1v) is 6.67. The molecule has 0 spiro atoms. The van der Waals surface area contributed by atoms with Gasteiger partial charge in [0.25, 0.3) is 0 Å². The molecular formula is C12H10ClF3N2S. The highest BCUT2D eigenvalue weighted by Gasteiger charge is 2.34. The van der Waals surface area contributed by atoms with Gasteiger partial charge >= 0.3 is 6.18 Å². The molecule has 0 saturated carbocycles. The maximum absolute atomic E-state index is 12.9. The van der Waals surface area contributed by atoms with E-state index in [9.17, 15) is 13.2 Å². The first-order valence-electron chi connectivity index (χ1n) is 5.41. The van der Waals surface area contributed by atoms with Gasteiger partial charge in [-0.05, 0) is 19.1 Å². The summed E-state index contributed by atoms with van der Waals surface area (Å²) in [6.07, 6.45) is -2.84. The molecule has 7 heteroatoms. The Morgan fingerprint density at radius 1 is 1.37 bits per heavy atom. The van der Waals surface area contributed by atoms with Crippen molar-refractivity contribution in [1.82, 2.24) is 4.98 Å². The minimum atomic E-state index is -4.45. The van der Waals surface area contributed by atoms with Crippen LogP contribution in [0.15, 0.2) is 29.8 Å². The van der Waals surface area contributed by atoms with Crippen LogP contribution in [-0.2, 0) is 6.18 Å². The lowest BCUT2D eigenvalue weighted by molar-refractivity contribution is -0.137. The molecule has 0 bridgehead atoms. The molecule has 2 aromatic rings. The topological polar surface area (TPSA) is 24.9 Å². The van der Waals surface area contributed by atoms with Crippen molar-refractivity contribution in [2.75, 3.05) is 5.32 Å². The smallest absolute Gasteiger partial charge is 0.374 e. The van der Waals surface area contributed by atoms with Crippen LogP contribution in [0.1, 0.15) is 23.5 Å². The minimum Gasteiger partial charge on any atom is -0.374 e. The molecule has 0 fully saturated rings. The second-order valence-corrected chi connectivity index (χ2v) is 5.23. The van der Waals surface area contributed by atoms with Gasteiger partial charge < -0.3 is 5.32 Å². The predicted octanol–water partition coefficient (Wildman–Crippen LogP) is 4.99. The van der Waals surface area contributed by atoms with Crippen molar-refractivity contribution in [2.24, 2.45) is 0 Å². The molecule has 1 N–H and O–H groups in total. The Bertz CT molecular complexity index is 555. The van der Waals surface area contributed by atoms with Crippen molar-refractivity contribution in [3.63, 3.8) is 0 Å². The van der Waals surface area contributed by atoms with Crippen molar-refractivity contribution in [3.05, 3.63) is 45.4 Å². The number of anilines is 1. The summed E-state index contributed by atoms with van der Waals surface area (Å²) < 4.78 is 38.7. The molecule has 1 aromatic carbocycles. The molecule has 0 aliphatic carbocycles. The average molecular weight is 307 g/mol. The zero-order chi connectivity index (χ0) is 14.0. The number of benzene rings is 1. The summed E-state index contributed by atoms with van der Waals surface area (Å²) in [7, 11) is 0. The number of aromatic nitrogens is 1. The van der Waals surface area contributed by atoms with Crippen LogP contribution in [0.4, 0.5) is 18.9 Å². The minimum absolute atomic E-state index is 0.0400. The van der Waals surface area contributed by atoms with E-state index in [-0.39, 0.29) is 16.8 Å². The van der Waals surface area contributed by atoms with Crippen molar-refractivity contribution in [1.29, 1.82) is 0 Å². The van der Waals surface area contributed by atoms with Gasteiger partial charge in [0.15, 0.2) is 0 Å². The van der Waals surface area contributed by atoms with Gasteiger partial charge in [0.05, 0.1) is 22.3 Å². The molecule has 1 heterocycles. The van der Waals surface area contributed by atoms with Crippen molar-refractivity contribution >= 4 is 28.6 Å². The fourth-order valence-electron chi connectivity index (χ4n) is 1.63. The maximum Gasteiger partial charge on any atom is 0.418 e. The summed E-state index contributed by atoms with van der Waals surface area (Å²) in [5.41, 5.74) is -0.886. The lowest BCUT2D eigenvalue weighted by Gasteiger charge is -2.19. The van der Waals surface area contributed by atoms with E-state index in [2.05, 4.69) is 10.3 Å². The van der Waals surface area contributed by atoms with Crippen molar-refractivity contribution in [3.8, 4) is 0 Å². The third kappa shape index (κ3) is 3.19. The van der Waals surface area contributed by atoms with Crippen LogP contribution < -0.4 is 5.32 Å². The molecule has 2 rings (SSSR count). The molecule has 0 aliphatic rings. The van der Waals surface area contributed by atoms with E-state index in [4.69, 9.17) is 11.6 Å². The first-order chi connectivity index (χ1) is 8.89. The Hall–Kier alpha value is -1.27. The van der Waals surface area contributed by atoms with Crippen LogP contribution in [0.5, 0.6) is 0 Å². The molecular weight excluding hydrogens is 297 g/mol. The largest absolute Gasteiger partial charge is 0.418 e. The van der Waals surface area contributed by atoms with E-state index >= 15 is 0 Å². The quantitative estimate of drug-likeness (QED) is 0.864. The summed E-state index contributed by atoms with van der Waals surface area (Å²) in [6.45, 7) is 1.74. The Balaban J connectivity index is 2.34. The second kappa shape index (κ2) is 5.38. The van der Waals surface area contributed by atoms with Crippen LogP contribution in [0, 0.1) is 0 Å². The van der Waals surface area contributed by atoms with Crippen molar-refractivity contribution in [2.45, 2.75) is 19.1 Å². The Morgan fingerprint density at radius 3 is 2.68 bits per heavy atom. The predicted molar refractivity (Wildman–Crippen MR) is 70.6 cm³/mol. The number of alkyl halides is 3. The summed E-state index contributed by atoms with van der Waals surface area (Å²) in [5, 5.41) is 5.29. The molecule has 0 amide bonds. The summed E-state index contributed by atoms with van der Waals surface area (Å²) >= 11 is 7.23. The molecule has 102 valence electrons. The molecule has 0 radical (unpaired) electrons. The SMILES string of the molecule is CC(Nc1c(Cl)cccc1C(F)(F)F)c1nccs1. The number of halogens is 4. The Labute approximate surface area is 117 Å². The van der Waals surface area contributed by atoms with E-state index in [0.717, 1.165) is 6.07 Å². The first kappa shape index (κ1) is 14.1. The molecule has 1 aromatic heterocycles. The fourth-order valence-corrected chi connectivity index (χ4v) is 2.51. The number of thiazole rings is 1. The molecule has 1 atom stereocenters. The zero-order valence-corrected chi connectivity index (χ0v) is 11.4. The van der Waals surface area contributed by atoms with Gasteiger partial charge in [-0.3, -0.25) is 0 Å². The molecule has 0 saturated heterocycles. The third-order valence-electron chi connectivity index (χ3n) is 2.50. The van der Waals surface area contributed by atoms with E-state index in [1.54, 1.807) is 18.5 Å². The lowest BCUT2D eigenvalue weighted by Crippen LogP contribution is -2.13. The summed E-state index contributed by atoms with van der Waals surface area (Å²) in [5.74, 6) is 0. The maximum atomic E-state index is 12.9. The second-order valence-electron chi connectivity index (χ2n) is 3.90. The third-order valence-corrected chi connectivity index (χ3v) is 3.77. The van der Waals surface area contributed by atoms with Crippen LogP contribution in [0.2, 0.25) is 5.02 Å². The fraction of sp³-hybridized carbons (Fsp3) is 0.250. The number of nitrogens with one attached hydrogen (secondary N) is 1. The number of para-hydroxylation sites is 1. The van der Waals surface area contributed by atoms with Gasteiger partial charge in [0, 0.05) is 11.6 Å². The molecule has 19 heavy (non-hydrogen) atoms. The van der Waals surface area contributed by atoms with E-state index < -0.39 is 11.7 Å². The molecule has 2 nitrogen and oxygen atoms in total. The number of hydrogen-bond acceptors (Lipinski definition) is 3. The van der Waals surface area contributed by atoms with Gasteiger partial charge in [-0.15, -0.1) is 11.3 Å². The summed E-state index contributed by atoms with van der Waals surface area (Å²) in [4.78, 5) is 4.07. The van der Waals surface area contributed by atoms with Gasteiger partial charge in [0.1, 0.15) is 5.01 Å². The Kier molecular flexibility index (Phi) is 4.01. The summed E-state index contributed by atoms with van der Waals surface area (Å²) in [6, 6.07) is 3.36. The van der Waals surface area contributed by atoms with Crippen LogP contribution in [0.3, 0.4) is 0 Å². The molecule has 0 aliphatic heterocycles. The normalized spacial score (nSPS) is 13.3. The number of hydrogen-bond donors (Lipinski definition) is 1. The van der Waals surface area contributed by atoms with Gasteiger partial charge in [0.2, 0.25) is 0 Å². The molecule has 1 unspecified atom stereocenters. The van der Waals surface area contributed by atoms with Crippen LogP contribution in [0.25, 0.3) is 0 Å². The zero-order valence-electron chi connectivity index (χ0n) is 9.83. The van der Waals surface area contributed by atoms with E-state index in [0.29, 0.717) is 5.01 Å². The van der Waals surface area contributed by atoms with Crippen LogP contribution in [-0.4, -0.2) is 4.98 Å². The van der Waals surface area contributed by atoms with E-state index in [1.165, 1.54) is 23.5 Å².